The van der Waals surface area contributed by atoms with E-state index >= 15 is 0 Å². The van der Waals surface area contributed by atoms with E-state index in [2.05, 4.69) is 32.3 Å². The van der Waals surface area contributed by atoms with Crippen molar-refractivity contribution in [2.45, 2.75) is 26.2 Å². The lowest BCUT2D eigenvalue weighted by Crippen LogP contribution is -2.40. The number of rotatable bonds is 14. The number of aliphatic hydroxyl groups is 1. The van der Waals surface area contributed by atoms with Gasteiger partial charge in [0.05, 0.1) is 44.8 Å². The van der Waals surface area contributed by atoms with Gasteiger partial charge in [0, 0.05) is 42.5 Å². The number of hydrogen-bond donors (Lipinski definition) is 4. The molecule has 0 spiro atoms. The molecule has 1 amide bonds. The first-order chi connectivity index (χ1) is 19.8. The molecular formula is C28H35F2N7O4. The minimum atomic E-state index is -0.730. The van der Waals surface area contributed by atoms with Gasteiger partial charge < -0.3 is 35.4 Å². The Bertz CT molecular complexity index is 1360. The quantitative estimate of drug-likeness (QED) is 0.216. The molecule has 0 aliphatic carbocycles. The summed E-state index contributed by atoms with van der Waals surface area (Å²) < 4.78 is 40.0. The topological polar surface area (TPSA) is 141 Å². The van der Waals surface area contributed by atoms with Crippen LogP contribution in [0.25, 0.3) is 0 Å². The number of nitrogens with one attached hydrogen (secondary N) is 2. The lowest BCUT2D eigenvalue weighted by Gasteiger charge is -2.33. The average Bonchev–Trinajstić information content (AvgIpc) is 3.36. The van der Waals surface area contributed by atoms with Gasteiger partial charge in [0.1, 0.15) is 17.5 Å². The van der Waals surface area contributed by atoms with Gasteiger partial charge in [-0.05, 0) is 37.6 Å². The highest BCUT2D eigenvalue weighted by molar-refractivity contribution is 6.16. The molecule has 0 fully saturated rings. The van der Waals surface area contributed by atoms with Crippen LogP contribution in [0.1, 0.15) is 31.0 Å². The number of aromatic amines is 1. The lowest BCUT2D eigenvalue weighted by molar-refractivity contribution is -0.117. The second-order valence-electron chi connectivity index (χ2n) is 9.54. The molecule has 0 saturated carbocycles. The second kappa shape index (κ2) is 13.9. The van der Waals surface area contributed by atoms with Crippen LogP contribution in [-0.4, -0.2) is 78.6 Å². The van der Waals surface area contributed by atoms with Crippen LogP contribution in [0.2, 0.25) is 0 Å². The largest absolute Gasteiger partial charge is 0.493 e. The second-order valence-corrected chi connectivity index (χ2v) is 9.54. The Morgan fingerprint density at radius 1 is 1.15 bits per heavy atom. The third kappa shape index (κ3) is 7.70. The van der Waals surface area contributed by atoms with Crippen LogP contribution in [0.4, 0.5) is 26.0 Å². The number of carbonyl (C=O) groups excluding carboxylic acids is 1. The van der Waals surface area contributed by atoms with Crippen molar-refractivity contribution in [3.8, 4) is 11.5 Å². The minimum absolute atomic E-state index is 0.0421. The van der Waals surface area contributed by atoms with E-state index in [0.29, 0.717) is 47.4 Å². The highest BCUT2D eigenvalue weighted by atomic mass is 19.1. The van der Waals surface area contributed by atoms with Gasteiger partial charge in [-0.2, -0.15) is 5.10 Å². The first-order valence-corrected chi connectivity index (χ1v) is 13.4. The zero-order valence-corrected chi connectivity index (χ0v) is 23.1. The Hall–Kier alpha value is -4.23. The number of aliphatic imine (C=N–C) groups is 1. The van der Waals surface area contributed by atoms with E-state index < -0.39 is 17.5 Å². The highest BCUT2D eigenvalue weighted by Gasteiger charge is 2.27. The number of fused-ring (bicyclic) bond motifs is 1. The van der Waals surface area contributed by atoms with Gasteiger partial charge >= 0.3 is 0 Å². The van der Waals surface area contributed by atoms with Crippen molar-refractivity contribution in [2.24, 2.45) is 10.7 Å². The van der Waals surface area contributed by atoms with E-state index in [-0.39, 0.29) is 31.2 Å². The minimum Gasteiger partial charge on any atom is -0.493 e. The SMILES string of the molecule is CCCN(CCO)CCCOc1cc2c(cc1OC)C(=Nc1cc(CC(N)=O)[nH]n1)N(c1cc(F)cc(F)c1)CN2. The van der Waals surface area contributed by atoms with Gasteiger partial charge in [-0.1, -0.05) is 6.92 Å². The van der Waals surface area contributed by atoms with Crippen LogP contribution in [0.5, 0.6) is 11.5 Å². The Balaban J connectivity index is 1.65. The van der Waals surface area contributed by atoms with Gasteiger partial charge in [0.25, 0.3) is 0 Å². The number of hydrogen-bond acceptors (Lipinski definition) is 8. The molecule has 2 heterocycles. The molecule has 5 N–H and O–H groups in total. The first-order valence-electron chi connectivity index (χ1n) is 13.4. The summed E-state index contributed by atoms with van der Waals surface area (Å²) in [5.41, 5.74) is 7.27. The molecule has 0 bridgehead atoms. The number of aromatic nitrogens is 2. The molecule has 11 nitrogen and oxygen atoms in total. The number of anilines is 2. The number of benzene rings is 2. The Kier molecular flexibility index (Phi) is 10.1. The molecule has 2 aromatic carbocycles. The molecular weight excluding hydrogens is 536 g/mol. The lowest BCUT2D eigenvalue weighted by atomic mass is 10.1. The molecule has 220 valence electrons. The maximum atomic E-state index is 14.2. The van der Waals surface area contributed by atoms with E-state index in [1.807, 2.05) is 0 Å². The van der Waals surface area contributed by atoms with E-state index in [1.165, 1.54) is 19.2 Å². The summed E-state index contributed by atoms with van der Waals surface area (Å²) in [5.74, 6) is -0.410. The maximum Gasteiger partial charge on any atom is 0.223 e. The molecule has 1 aromatic heterocycles. The zero-order chi connectivity index (χ0) is 29.4. The number of aliphatic hydroxyl groups excluding tert-OH is 1. The van der Waals surface area contributed by atoms with Crippen LogP contribution in [0, 0.1) is 11.6 Å². The van der Waals surface area contributed by atoms with E-state index in [1.54, 1.807) is 23.1 Å². The summed E-state index contributed by atoms with van der Waals surface area (Å²) >= 11 is 0. The molecule has 1 aliphatic rings. The van der Waals surface area contributed by atoms with Crippen LogP contribution >= 0.6 is 0 Å². The van der Waals surface area contributed by atoms with Crippen LogP contribution in [0.3, 0.4) is 0 Å². The number of ether oxygens (including phenoxy) is 2. The van der Waals surface area contributed by atoms with E-state index in [9.17, 15) is 18.7 Å². The average molecular weight is 572 g/mol. The van der Waals surface area contributed by atoms with Gasteiger partial charge in [-0.25, -0.2) is 13.8 Å². The third-order valence-electron chi connectivity index (χ3n) is 6.42. The Morgan fingerprint density at radius 2 is 1.93 bits per heavy atom. The Morgan fingerprint density at radius 3 is 2.61 bits per heavy atom. The van der Waals surface area contributed by atoms with Crippen molar-refractivity contribution in [3.63, 3.8) is 0 Å². The standard InChI is InChI=1S/C28H35F2N7O4/c1-3-5-36(7-8-38)6-4-9-41-25-16-23-22(15-24(25)40-2)28(33-27-14-20(34-35-27)13-26(31)39)37(17-32-23)21-11-18(29)10-19(30)12-21/h10-12,14-16,32,38H,3-9,13,17H2,1-2H3,(H2,31,39)(H,34,35). The van der Waals surface area contributed by atoms with E-state index in [4.69, 9.17) is 15.2 Å². The fourth-order valence-corrected chi connectivity index (χ4v) is 4.63. The monoisotopic (exact) mass is 571 g/mol. The predicted molar refractivity (Wildman–Crippen MR) is 152 cm³/mol. The van der Waals surface area contributed by atoms with Crippen LogP contribution in [-0.2, 0) is 11.2 Å². The molecule has 0 radical (unpaired) electrons. The summed E-state index contributed by atoms with van der Waals surface area (Å²) in [4.78, 5) is 19.8. The summed E-state index contributed by atoms with van der Waals surface area (Å²) in [6, 6.07) is 8.34. The number of nitrogens with two attached hydrogens (primary N) is 1. The number of halogens is 2. The fourth-order valence-electron chi connectivity index (χ4n) is 4.63. The van der Waals surface area contributed by atoms with E-state index in [0.717, 1.165) is 32.0 Å². The first kappa shape index (κ1) is 29.7. The number of amides is 1. The number of methoxy groups -OCH3 is 1. The summed E-state index contributed by atoms with van der Waals surface area (Å²) in [6.45, 7) is 5.10. The van der Waals surface area contributed by atoms with Crippen LogP contribution in [0.15, 0.2) is 41.4 Å². The molecule has 41 heavy (non-hydrogen) atoms. The number of H-pyrrole nitrogens is 1. The molecule has 0 saturated heterocycles. The van der Waals surface area contributed by atoms with Crippen molar-refractivity contribution >= 4 is 28.9 Å². The van der Waals surface area contributed by atoms with Gasteiger partial charge in [0.2, 0.25) is 5.91 Å². The summed E-state index contributed by atoms with van der Waals surface area (Å²) in [7, 11) is 1.52. The molecule has 13 heteroatoms. The number of carbonyl (C=O) groups is 1. The summed E-state index contributed by atoms with van der Waals surface area (Å²) in [6.07, 6.45) is 1.71. The Labute approximate surface area is 236 Å². The third-order valence-corrected chi connectivity index (χ3v) is 6.42. The maximum absolute atomic E-state index is 14.2. The number of amidine groups is 1. The number of nitrogens with zero attached hydrogens (tertiary/aromatic N) is 4. The van der Waals surface area contributed by atoms with Gasteiger partial charge in [0.15, 0.2) is 17.3 Å². The normalized spacial score (nSPS) is 13.8. The summed E-state index contributed by atoms with van der Waals surface area (Å²) in [5, 5.41) is 19.4. The van der Waals surface area contributed by atoms with Crippen molar-refractivity contribution < 1.29 is 28.2 Å². The van der Waals surface area contributed by atoms with Crippen LogP contribution < -0.4 is 25.4 Å². The molecule has 0 unspecified atom stereocenters. The smallest absolute Gasteiger partial charge is 0.223 e. The molecule has 1 aliphatic heterocycles. The molecule has 4 rings (SSSR count). The van der Waals surface area contributed by atoms with Gasteiger partial charge in [-0.15, -0.1) is 0 Å². The van der Waals surface area contributed by atoms with Crippen molar-refractivity contribution in [1.82, 2.24) is 15.1 Å². The van der Waals surface area contributed by atoms with Crippen molar-refractivity contribution in [3.05, 3.63) is 59.3 Å². The highest BCUT2D eigenvalue weighted by Crippen LogP contribution is 2.38. The molecule has 0 atom stereocenters. The molecule has 3 aromatic rings. The zero-order valence-electron chi connectivity index (χ0n) is 23.1. The fraction of sp³-hybridized carbons (Fsp3) is 0.393. The van der Waals surface area contributed by atoms with Gasteiger partial charge in [-0.3, -0.25) is 9.89 Å². The predicted octanol–water partition coefficient (Wildman–Crippen LogP) is 3.17. The number of primary amides is 1. The van der Waals surface area contributed by atoms with Crippen molar-refractivity contribution in [2.75, 3.05) is 56.8 Å². The van der Waals surface area contributed by atoms with Crippen molar-refractivity contribution in [1.29, 1.82) is 0 Å².